The van der Waals surface area contributed by atoms with Crippen molar-refractivity contribution in [1.29, 1.82) is 0 Å². The normalized spacial score (nSPS) is 13.9. The second kappa shape index (κ2) is 8.29. The number of hydrogen-bond acceptors (Lipinski definition) is 5. The fraction of sp³-hybridized carbons (Fsp3) is 0.348. The van der Waals surface area contributed by atoms with E-state index in [9.17, 15) is 14.4 Å². The Morgan fingerprint density at radius 2 is 1.84 bits per heavy atom. The maximum atomic E-state index is 13.0. The number of aromatic nitrogens is 2. The molecule has 0 fully saturated rings. The molecular weight excluding hydrogens is 398 g/mol. The van der Waals surface area contributed by atoms with E-state index in [1.165, 1.54) is 4.57 Å². The molecule has 1 aliphatic rings. The van der Waals surface area contributed by atoms with Gasteiger partial charge in [0.25, 0.3) is 5.91 Å². The third kappa shape index (κ3) is 3.93. The Morgan fingerprint density at radius 3 is 2.55 bits per heavy atom. The quantitative estimate of drug-likeness (QED) is 0.614. The SMILES string of the molecule is CCn1c(=O)c(=O)[nH]c2cc(C(=O)N[C@H](c3ccc4c(c3)OCCO4)C(C)C)ccc21. The smallest absolute Gasteiger partial charge is 0.316 e. The van der Waals surface area contributed by atoms with Crippen LogP contribution in [0.3, 0.4) is 0 Å². The van der Waals surface area contributed by atoms with Crippen molar-refractivity contribution in [3.05, 3.63) is 68.2 Å². The lowest BCUT2D eigenvalue weighted by Crippen LogP contribution is -2.36. The van der Waals surface area contributed by atoms with Gasteiger partial charge in [0.2, 0.25) is 0 Å². The fourth-order valence-electron chi connectivity index (χ4n) is 3.85. The van der Waals surface area contributed by atoms with Crippen LogP contribution in [0.4, 0.5) is 0 Å². The second-order valence-corrected chi connectivity index (χ2v) is 7.83. The first-order chi connectivity index (χ1) is 14.9. The number of H-pyrrole nitrogens is 1. The van der Waals surface area contributed by atoms with Gasteiger partial charge in [0.15, 0.2) is 11.5 Å². The van der Waals surface area contributed by atoms with Crippen LogP contribution in [-0.4, -0.2) is 28.7 Å². The van der Waals surface area contributed by atoms with E-state index in [4.69, 9.17) is 9.47 Å². The van der Waals surface area contributed by atoms with Crippen LogP contribution in [0, 0.1) is 5.92 Å². The van der Waals surface area contributed by atoms with Crippen LogP contribution >= 0.6 is 0 Å². The molecular formula is C23H25N3O5. The van der Waals surface area contributed by atoms with E-state index < -0.39 is 11.1 Å². The molecule has 2 aromatic carbocycles. The maximum Gasteiger partial charge on any atom is 0.316 e. The number of aromatic amines is 1. The number of nitrogens with zero attached hydrogens (tertiary/aromatic N) is 1. The lowest BCUT2D eigenvalue weighted by atomic mass is 9.95. The summed E-state index contributed by atoms with van der Waals surface area (Å²) in [5.41, 5.74) is 1.03. The number of fused-ring (bicyclic) bond motifs is 2. The Bertz CT molecular complexity index is 1260. The van der Waals surface area contributed by atoms with E-state index in [1.807, 2.05) is 32.0 Å². The van der Waals surface area contributed by atoms with Crippen LogP contribution in [0.5, 0.6) is 11.5 Å². The average molecular weight is 423 g/mol. The number of ether oxygens (including phenoxy) is 2. The van der Waals surface area contributed by atoms with Crippen LogP contribution < -0.4 is 25.9 Å². The summed E-state index contributed by atoms with van der Waals surface area (Å²) in [7, 11) is 0. The first kappa shape index (κ1) is 20.7. The highest BCUT2D eigenvalue weighted by molar-refractivity contribution is 5.97. The molecule has 1 amide bonds. The van der Waals surface area contributed by atoms with E-state index in [-0.39, 0.29) is 17.9 Å². The lowest BCUT2D eigenvalue weighted by molar-refractivity contribution is 0.0925. The molecule has 0 bridgehead atoms. The number of carbonyl (C=O) groups excluding carboxylic acids is 1. The molecule has 2 N–H and O–H groups in total. The number of benzene rings is 2. The molecule has 8 nitrogen and oxygen atoms in total. The van der Waals surface area contributed by atoms with E-state index in [1.54, 1.807) is 25.1 Å². The molecule has 2 heterocycles. The second-order valence-electron chi connectivity index (χ2n) is 7.83. The van der Waals surface area contributed by atoms with Gasteiger partial charge in [-0.2, -0.15) is 0 Å². The van der Waals surface area contributed by atoms with Crippen molar-refractivity contribution in [3.63, 3.8) is 0 Å². The van der Waals surface area contributed by atoms with Crippen molar-refractivity contribution in [3.8, 4) is 11.5 Å². The van der Waals surface area contributed by atoms with Gasteiger partial charge in [-0.25, -0.2) is 0 Å². The summed E-state index contributed by atoms with van der Waals surface area (Å²) < 4.78 is 12.6. The van der Waals surface area contributed by atoms with Gasteiger partial charge < -0.3 is 24.3 Å². The number of aryl methyl sites for hydroxylation is 1. The molecule has 0 radical (unpaired) electrons. The number of rotatable bonds is 5. The Balaban J connectivity index is 1.65. The zero-order valence-electron chi connectivity index (χ0n) is 17.7. The summed E-state index contributed by atoms with van der Waals surface area (Å²) in [6, 6.07) is 10.4. The highest BCUT2D eigenvalue weighted by Crippen LogP contribution is 2.34. The Labute approximate surface area is 178 Å². The van der Waals surface area contributed by atoms with Crippen LogP contribution in [0.1, 0.15) is 42.7 Å². The van der Waals surface area contributed by atoms with Crippen LogP contribution in [0.15, 0.2) is 46.0 Å². The molecule has 3 aromatic rings. The van der Waals surface area contributed by atoms with Crippen LogP contribution in [0.2, 0.25) is 0 Å². The Kier molecular flexibility index (Phi) is 5.54. The predicted octanol–water partition coefficient (Wildman–Crippen LogP) is 2.61. The van der Waals surface area contributed by atoms with E-state index in [2.05, 4.69) is 10.3 Å². The number of carbonyl (C=O) groups is 1. The van der Waals surface area contributed by atoms with Crippen molar-refractivity contribution >= 4 is 16.9 Å². The van der Waals surface area contributed by atoms with Crippen molar-refractivity contribution in [1.82, 2.24) is 14.9 Å². The summed E-state index contributed by atoms with van der Waals surface area (Å²) in [5, 5.41) is 3.08. The van der Waals surface area contributed by atoms with Gasteiger partial charge in [-0.1, -0.05) is 19.9 Å². The van der Waals surface area contributed by atoms with Gasteiger partial charge in [-0.15, -0.1) is 0 Å². The zero-order valence-corrected chi connectivity index (χ0v) is 17.7. The summed E-state index contributed by atoms with van der Waals surface area (Å²) >= 11 is 0. The molecule has 1 aliphatic heterocycles. The molecule has 0 unspecified atom stereocenters. The molecule has 31 heavy (non-hydrogen) atoms. The molecule has 0 aliphatic carbocycles. The van der Waals surface area contributed by atoms with Crippen molar-refractivity contribution in [2.24, 2.45) is 5.92 Å². The summed E-state index contributed by atoms with van der Waals surface area (Å²) in [6.07, 6.45) is 0. The van der Waals surface area contributed by atoms with Crippen molar-refractivity contribution < 1.29 is 14.3 Å². The third-order valence-electron chi connectivity index (χ3n) is 5.43. The van der Waals surface area contributed by atoms with Crippen LogP contribution in [-0.2, 0) is 6.54 Å². The Hall–Kier alpha value is -3.55. The van der Waals surface area contributed by atoms with Gasteiger partial charge in [-0.05, 0) is 48.7 Å². The summed E-state index contributed by atoms with van der Waals surface area (Å²) in [6.45, 7) is 7.23. The Morgan fingerprint density at radius 1 is 1.10 bits per heavy atom. The highest BCUT2D eigenvalue weighted by atomic mass is 16.6. The minimum atomic E-state index is -0.705. The standard InChI is InChI=1S/C23H25N3O5/c1-4-26-17-7-5-15(11-16(17)24-22(28)23(26)29)21(27)25-20(13(2)3)14-6-8-18-19(12-14)31-10-9-30-18/h5-8,11-13,20H,4,9-10H2,1-3H3,(H,24,28)(H,25,27)/t20-/m0/s1. The van der Waals surface area contributed by atoms with Gasteiger partial charge in [-0.3, -0.25) is 14.4 Å². The number of hydrogen-bond donors (Lipinski definition) is 2. The zero-order chi connectivity index (χ0) is 22.1. The molecule has 162 valence electrons. The number of nitrogens with one attached hydrogen (secondary N) is 2. The van der Waals surface area contributed by atoms with Gasteiger partial charge in [0, 0.05) is 12.1 Å². The van der Waals surface area contributed by atoms with E-state index >= 15 is 0 Å². The summed E-state index contributed by atoms with van der Waals surface area (Å²) in [4.78, 5) is 39.6. The minimum absolute atomic E-state index is 0.122. The molecule has 1 atom stereocenters. The molecule has 1 aromatic heterocycles. The monoisotopic (exact) mass is 423 g/mol. The van der Waals surface area contributed by atoms with E-state index in [0.717, 1.165) is 5.56 Å². The van der Waals surface area contributed by atoms with E-state index in [0.29, 0.717) is 47.9 Å². The minimum Gasteiger partial charge on any atom is -0.486 e. The largest absolute Gasteiger partial charge is 0.486 e. The van der Waals surface area contributed by atoms with Gasteiger partial charge in [0.1, 0.15) is 13.2 Å². The highest BCUT2D eigenvalue weighted by Gasteiger charge is 2.22. The van der Waals surface area contributed by atoms with Crippen molar-refractivity contribution in [2.75, 3.05) is 13.2 Å². The predicted molar refractivity (Wildman–Crippen MR) is 117 cm³/mol. The summed E-state index contributed by atoms with van der Waals surface area (Å²) in [5.74, 6) is 1.22. The fourth-order valence-corrected chi connectivity index (χ4v) is 3.85. The lowest BCUT2D eigenvalue weighted by Gasteiger charge is -2.25. The van der Waals surface area contributed by atoms with Crippen LogP contribution in [0.25, 0.3) is 11.0 Å². The maximum absolute atomic E-state index is 13.0. The average Bonchev–Trinajstić information content (AvgIpc) is 2.77. The van der Waals surface area contributed by atoms with Gasteiger partial charge >= 0.3 is 11.1 Å². The topological polar surface area (TPSA) is 102 Å². The molecule has 4 rings (SSSR count). The molecule has 8 heteroatoms. The molecule has 0 saturated heterocycles. The third-order valence-corrected chi connectivity index (χ3v) is 5.43. The number of amides is 1. The molecule has 0 saturated carbocycles. The first-order valence-corrected chi connectivity index (χ1v) is 10.4. The molecule has 0 spiro atoms. The van der Waals surface area contributed by atoms with Crippen molar-refractivity contribution in [2.45, 2.75) is 33.4 Å². The van der Waals surface area contributed by atoms with Gasteiger partial charge in [0.05, 0.1) is 17.1 Å². The first-order valence-electron chi connectivity index (χ1n) is 10.4.